The lowest BCUT2D eigenvalue weighted by Crippen LogP contribution is -2.35. The van der Waals surface area contributed by atoms with Crippen molar-refractivity contribution < 1.29 is 9.18 Å². The lowest BCUT2D eigenvalue weighted by Gasteiger charge is -2.16. The van der Waals surface area contributed by atoms with E-state index in [9.17, 15) is 14.0 Å². The molecule has 1 aromatic carbocycles. The molecule has 0 bridgehead atoms. The van der Waals surface area contributed by atoms with E-state index in [1.54, 1.807) is 25.3 Å². The predicted molar refractivity (Wildman–Crippen MR) is 91.8 cm³/mol. The van der Waals surface area contributed by atoms with Gasteiger partial charge in [-0.1, -0.05) is 17.7 Å². The van der Waals surface area contributed by atoms with Gasteiger partial charge in [0.2, 0.25) is 5.91 Å². The number of carbonyl (C=O) groups excluding carboxylic acids is 1. The number of hydrogen-bond donors (Lipinski definition) is 1. The van der Waals surface area contributed by atoms with Crippen molar-refractivity contribution in [1.82, 2.24) is 20.1 Å². The Morgan fingerprint density at radius 3 is 2.96 bits per heavy atom. The van der Waals surface area contributed by atoms with E-state index in [2.05, 4.69) is 15.4 Å². The normalized spacial score (nSPS) is 12.1. The highest BCUT2D eigenvalue weighted by molar-refractivity contribution is 6.31. The summed E-state index contributed by atoms with van der Waals surface area (Å²) in [7, 11) is 0. The monoisotopic (exact) mass is 360 g/mol. The lowest BCUT2D eigenvalue weighted by atomic mass is 10.1. The Hall–Kier alpha value is -2.80. The molecule has 0 fully saturated rings. The number of carbonyl (C=O) groups is 1. The summed E-state index contributed by atoms with van der Waals surface area (Å²) in [4.78, 5) is 28.6. The van der Waals surface area contributed by atoms with E-state index in [4.69, 9.17) is 11.6 Å². The molecule has 3 aromatic rings. The van der Waals surface area contributed by atoms with Crippen LogP contribution in [0.5, 0.6) is 0 Å². The molecule has 3 rings (SSSR count). The van der Waals surface area contributed by atoms with Gasteiger partial charge >= 0.3 is 0 Å². The molecule has 0 saturated heterocycles. The summed E-state index contributed by atoms with van der Waals surface area (Å²) in [5.74, 6) is -0.862. The summed E-state index contributed by atoms with van der Waals surface area (Å²) in [5, 5.41) is 7.29. The Morgan fingerprint density at radius 1 is 1.40 bits per heavy atom. The first-order valence-corrected chi connectivity index (χ1v) is 7.88. The van der Waals surface area contributed by atoms with Crippen LogP contribution in [0.4, 0.5) is 4.39 Å². The molecular formula is C17H14ClFN4O2. The maximum atomic E-state index is 13.1. The van der Waals surface area contributed by atoms with Gasteiger partial charge in [-0.2, -0.15) is 5.10 Å². The molecule has 128 valence electrons. The highest BCUT2D eigenvalue weighted by Crippen LogP contribution is 2.23. The second kappa shape index (κ2) is 6.98. The number of amides is 1. The molecule has 1 amide bonds. The zero-order valence-corrected chi connectivity index (χ0v) is 14.0. The van der Waals surface area contributed by atoms with Crippen LogP contribution in [0, 0.1) is 5.82 Å². The lowest BCUT2D eigenvalue weighted by molar-refractivity contribution is -0.122. The molecule has 1 N–H and O–H groups in total. The minimum absolute atomic E-state index is 0.222. The average Bonchev–Trinajstić information content (AvgIpc) is 2.57. The molecule has 25 heavy (non-hydrogen) atoms. The van der Waals surface area contributed by atoms with Crippen LogP contribution in [0.3, 0.4) is 0 Å². The highest BCUT2D eigenvalue weighted by Gasteiger charge is 2.15. The third kappa shape index (κ3) is 3.66. The first-order chi connectivity index (χ1) is 12.0. The largest absolute Gasteiger partial charge is 0.348 e. The SMILES string of the molecule is C[C@H](NC(=O)Cn1ncc2ncccc2c1=O)c1ccc(F)cc1Cl. The minimum Gasteiger partial charge on any atom is -0.348 e. The molecule has 0 saturated carbocycles. The van der Waals surface area contributed by atoms with Gasteiger partial charge in [0.1, 0.15) is 12.4 Å². The fourth-order valence-electron chi connectivity index (χ4n) is 2.48. The molecule has 2 heterocycles. The topological polar surface area (TPSA) is 76.9 Å². The van der Waals surface area contributed by atoms with E-state index in [0.29, 0.717) is 16.5 Å². The summed E-state index contributed by atoms with van der Waals surface area (Å²) >= 11 is 5.99. The van der Waals surface area contributed by atoms with Gasteiger partial charge in [-0.3, -0.25) is 14.6 Å². The van der Waals surface area contributed by atoms with Crippen molar-refractivity contribution in [3.63, 3.8) is 0 Å². The number of halogens is 2. The molecular weight excluding hydrogens is 347 g/mol. The van der Waals surface area contributed by atoms with E-state index in [1.807, 2.05) is 0 Å². The second-order valence-corrected chi connectivity index (χ2v) is 5.91. The Morgan fingerprint density at radius 2 is 2.20 bits per heavy atom. The molecule has 1 atom stereocenters. The van der Waals surface area contributed by atoms with Crippen molar-refractivity contribution in [2.75, 3.05) is 0 Å². The summed E-state index contributed by atoms with van der Waals surface area (Å²) in [5.41, 5.74) is 0.656. The first kappa shape index (κ1) is 17.0. The van der Waals surface area contributed by atoms with Crippen molar-refractivity contribution in [1.29, 1.82) is 0 Å². The number of aromatic nitrogens is 3. The van der Waals surface area contributed by atoms with Crippen LogP contribution in [-0.2, 0) is 11.3 Å². The maximum absolute atomic E-state index is 13.1. The number of nitrogens with one attached hydrogen (secondary N) is 1. The Bertz CT molecular complexity index is 1010. The number of benzene rings is 1. The van der Waals surface area contributed by atoms with E-state index in [-0.39, 0.29) is 11.6 Å². The second-order valence-electron chi connectivity index (χ2n) is 5.50. The van der Waals surface area contributed by atoms with Crippen LogP contribution in [0.1, 0.15) is 18.5 Å². The van der Waals surface area contributed by atoms with E-state index < -0.39 is 23.3 Å². The van der Waals surface area contributed by atoms with Crippen molar-refractivity contribution in [3.8, 4) is 0 Å². The fraction of sp³-hybridized carbons (Fsp3) is 0.176. The van der Waals surface area contributed by atoms with E-state index in [1.165, 1.54) is 24.4 Å². The van der Waals surface area contributed by atoms with Crippen LogP contribution in [-0.4, -0.2) is 20.7 Å². The maximum Gasteiger partial charge on any atom is 0.276 e. The molecule has 0 aliphatic rings. The number of hydrogen-bond acceptors (Lipinski definition) is 4. The van der Waals surface area contributed by atoms with Gasteiger partial charge in [-0.05, 0) is 36.8 Å². The number of nitrogens with zero attached hydrogens (tertiary/aromatic N) is 3. The Kier molecular flexibility index (Phi) is 4.76. The molecule has 8 heteroatoms. The summed E-state index contributed by atoms with van der Waals surface area (Å²) < 4.78 is 14.2. The summed E-state index contributed by atoms with van der Waals surface area (Å²) in [6, 6.07) is 6.79. The predicted octanol–water partition coefficient (Wildman–Crippen LogP) is 2.46. The van der Waals surface area contributed by atoms with Crippen molar-refractivity contribution in [2.24, 2.45) is 0 Å². The standard InChI is InChI=1S/C17H14ClFN4O2/c1-10(12-5-4-11(19)7-14(12)18)22-16(24)9-23-17(25)13-3-2-6-20-15(13)8-21-23/h2-8,10H,9H2,1H3,(H,22,24)/t10-/m0/s1. The van der Waals surface area contributed by atoms with Crippen LogP contribution in [0.25, 0.3) is 10.9 Å². The van der Waals surface area contributed by atoms with Crippen LogP contribution < -0.4 is 10.9 Å². The van der Waals surface area contributed by atoms with Gasteiger partial charge in [0.15, 0.2) is 0 Å². The average molecular weight is 361 g/mol. The van der Waals surface area contributed by atoms with Crippen molar-refractivity contribution in [3.05, 3.63) is 69.5 Å². The Balaban J connectivity index is 1.76. The molecule has 0 spiro atoms. The number of rotatable bonds is 4. The van der Waals surface area contributed by atoms with Gasteiger partial charge in [-0.25, -0.2) is 9.07 Å². The first-order valence-electron chi connectivity index (χ1n) is 7.51. The summed E-state index contributed by atoms with van der Waals surface area (Å²) in [6.45, 7) is 1.48. The number of fused-ring (bicyclic) bond motifs is 1. The molecule has 0 aliphatic heterocycles. The number of pyridine rings is 1. The molecule has 0 unspecified atom stereocenters. The molecule has 2 aromatic heterocycles. The van der Waals surface area contributed by atoms with E-state index in [0.717, 1.165) is 4.68 Å². The van der Waals surface area contributed by atoms with Gasteiger partial charge in [0.05, 0.1) is 23.1 Å². The zero-order valence-electron chi connectivity index (χ0n) is 13.2. The Labute approximate surface area is 147 Å². The third-order valence-electron chi connectivity index (χ3n) is 3.72. The minimum atomic E-state index is -0.451. The van der Waals surface area contributed by atoms with Crippen LogP contribution in [0.2, 0.25) is 5.02 Å². The molecule has 0 aliphatic carbocycles. The van der Waals surface area contributed by atoms with Gasteiger partial charge in [-0.15, -0.1) is 0 Å². The quantitative estimate of drug-likeness (QED) is 0.775. The smallest absolute Gasteiger partial charge is 0.276 e. The highest BCUT2D eigenvalue weighted by atomic mass is 35.5. The zero-order chi connectivity index (χ0) is 18.0. The van der Waals surface area contributed by atoms with E-state index >= 15 is 0 Å². The third-order valence-corrected chi connectivity index (χ3v) is 4.05. The summed E-state index contributed by atoms with van der Waals surface area (Å²) in [6.07, 6.45) is 3.00. The van der Waals surface area contributed by atoms with Crippen LogP contribution in [0.15, 0.2) is 47.5 Å². The fourth-order valence-corrected chi connectivity index (χ4v) is 2.81. The van der Waals surface area contributed by atoms with Gasteiger partial charge < -0.3 is 5.32 Å². The van der Waals surface area contributed by atoms with Crippen molar-refractivity contribution >= 4 is 28.4 Å². The van der Waals surface area contributed by atoms with Gasteiger partial charge in [0.25, 0.3) is 5.56 Å². The van der Waals surface area contributed by atoms with Crippen molar-refractivity contribution in [2.45, 2.75) is 19.5 Å². The molecule has 6 nitrogen and oxygen atoms in total. The van der Waals surface area contributed by atoms with Gasteiger partial charge in [0, 0.05) is 11.2 Å². The van der Waals surface area contributed by atoms with Crippen LogP contribution >= 0.6 is 11.6 Å². The molecule has 0 radical (unpaired) electrons.